The Kier molecular flexibility index (Phi) is 4.96. The summed E-state index contributed by atoms with van der Waals surface area (Å²) in [5.74, 6) is 0.118. The van der Waals surface area contributed by atoms with Crippen molar-refractivity contribution in [1.82, 2.24) is 20.5 Å². The maximum atomic E-state index is 13.2. The zero-order valence-corrected chi connectivity index (χ0v) is 19.9. The van der Waals surface area contributed by atoms with Crippen LogP contribution in [0.5, 0.6) is 5.75 Å². The fourth-order valence-electron chi connectivity index (χ4n) is 5.37. The molecule has 2 aromatic rings. The molecule has 3 atom stereocenters. The molecule has 1 fully saturated rings. The number of amides is 4. The molecule has 3 heterocycles. The van der Waals surface area contributed by atoms with Crippen LogP contribution in [0, 0.1) is 5.92 Å². The number of hydrazone groups is 1. The minimum absolute atomic E-state index is 0.00883. The van der Waals surface area contributed by atoms with Gasteiger partial charge < -0.3 is 15.0 Å². The summed E-state index contributed by atoms with van der Waals surface area (Å²) in [4.78, 5) is 40.1. The summed E-state index contributed by atoms with van der Waals surface area (Å²) in [6.45, 7) is 0.353. The van der Waals surface area contributed by atoms with Gasteiger partial charge in [0.05, 0.1) is 19.7 Å². The van der Waals surface area contributed by atoms with E-state index in [2.05, 4.69) is 34.0 Å². The van der Waals surface area contributed by atoms with E-state index in [4.69, 9.17) is 4.74 Å². The number of allylic oxidation sites excluding steroid dienone is 2. The van der Waals surface area contributed by atoms with E-state index in [0.29, 0.717) is 23.4 Å². The summed E-state index contributed by atoms with van der Waals surface area (Å²) in [6, 6.07) is 12.6. The number of benzene rings is 2. The van der Waals surface area contributed by atoms with Gasteiger partial charge in [-0.15, -0.1) is 0 Å². The maximum Gasteiger partial charge on any atom is 0.322 e. The minimum Gasteiger partial charge on any atom is -0.497 e. The molecule has 0 bridgehead atoms. The highest BCUT2D eigenvalue weighted by molar-refractivity contribution is 6.08. The van der Waals surface area contributed by atoms with Gasteiger partial charge in [0, 0.05) is 31.3 Å². The molecule has 4 amide bonds. The average molecular weight is 484 g/mol. The van der Waals surface area contributed by atoms with Crippen molar-refractivity contribution < 1.29 is 19.1 Å². The Morgan fingerprint density at radius 2 is 1.94 bits per heavy atom. The number of nitrogens with one attached hydrogen (secondary N) is 2. The minimum atomic E-state index is -1.39. The van der Waals surface area contributed by atoms with Crippen molar-refractivity contribution in [3.8, 4) is 5.75 Å². The highest BCUT2D eigenvalue weighted by Crippen LogP contribution is 2.34. The van der Waals surface area contributed by atoms with Gasteiger partial charge in [0.1, 0.15) is 5.75 Å². The molecule has 182 valence electrons. The Balaban J connectivity index is 1.29. The van der Waals surface area contributed by atoms with Crippen molar-refractivity contribution in [1.29, 1.82) is 0 Å². The molecule has 2 unspecified atom stereocenters. The smallest absolute Gasteiger partial charge is 0.322 e. The SMILES string of the molecule is COc1ccc2c(c1)C(=O)N(C[C@@]1(c3ccc(C4=CC5C=NN(C)C5C=C4)cc3)NC(=O)NC1=O)C2. The van der Waals surface area contributed by atoms with Gasteiger partial charge in [-0.1, -0.05) is 48.6 Å². The molecule has 3 aliphatic heterocycles. The third-order valence-electron chi connectivity index (χ3n) is 7.37. The highest BCUT2D eigenvalue weighted by atomic mass is 16.5. The molecule has 0 saturated carbocycles. The van der Waals surface area contributed by atoms with Crippen LogP contribution in [0.4, 0.5) is 4.79 Å². The number of carbonyl (C=O) groups is 3. The van der Waals surface area contributed by atoms with Crippen molar-refractivity contribution in [2.45, 2.75) is 18.1 Å². The summed E-state index contributed by atoms with van der Waals surface area (Å²) >= 11 is 0. The molecule has 6 rings (SSSR count). The van der Waals surface area contributed by atoms with Gasteiger partial charge in [0.2, 0.25) is 0 Å². The van der Waals surface area contributed by atoms with Crippen LogP contribution >= 0.6 is 0 Å². The Bertz CT molecular complexity index is 1380. The van der Waals surface area contributed by atoms with Crippen molar-refractivity contribution in [2.24, 2.45) is 11.0 Å². The molecule has 4 aliphatic rings. The van der Waals surface area contributed by atoms with Crippen molar-refractivity contribution >= 4 is 29.6 Å². The van der Waals surface area contributed by atoms with Crippen molar-refractivity contribution in [3.63, 3.8) is 0 Å². The van der Waals surface area contributed by atoms with Crippen LogP contribution in [0.1, 0.15) is 27.0 Å². The highest BCUT2D eigenvalue weighted by Gasteiger charge is 2.50. The second kappa shape index (κ2) is 8.08. The zero-order valence-electron chi connectivity index (χ0n) is 19.9. The van der Waals surface area contributed by atoms with Crippen LogP contribution in [0.15, 0.2) is 65.8 Å². The third kappa shape index (κ3) is 3.38. The van der Waals surface area contributed by atoms with Crippen LogP contribution in [0.25, 0.3) is 5.57 Å². The quantitative estimate of drug-likeness (QED) is 0.635. The van der Waals surface area contributed by atoms with Crippen LogP contribution < -0.4 is 15.4 Å². The Morgan fingerprint density at radius 3 is 2.67 bits per heavy atom. The lowest BCUT2D eigenvalue weighted by Crippen LogP contribution is -2.52. The zero-order chi connectivity index (χ0) is 25.0. The molecule has 1 saturated heterocycles. The summed E-state index contributed by atoms with van der Waals surface area (Å²) in [6.07, 6.45) is 8.34. The normalized spacial score (nSPS) is 26.1. The number of methoxy groups -OCH3 is 1. The molecule has 2 N–H and O–H groups in total. The first-order valence-corrected chi connectivity index (χ1v) is 11.8. The maximum absolute atomic E-state index is 13.2. The van der Waals surface area contributed by atoms with Gasteiger partial charge >= 0.3 is 6.03 Å². The number of urea groups is 1. The van der Waals surface area contributed by atoms with Gasteiger partial charge in [0.15, 0.2) is 5.54 Å². The Morgan fingerprint density at radius 1 is 1.14 bits per heavy atom. The lowest BCUT2D eigenvalue weighted by atomic mass is 9.86. The van der Waals surface area contributed by atoms with E-state index < -0.39 is 17.5 Å². The number of carbonyl (C=O) groups excluding carboxylic acids is 3. The molecule has 0 spiro atoms. The first kappa shape index (κ1) is 22.1. The number of imide groups is 1. The molecule has 0 aromatic heterocycles. The largest absolute Gasteiger partial charge is 0.497 e. The number of hydrogen-bond acceptors (Lipinski definition) is 6. The van der Waals surface area contributed by atoms with Gasteiger partial charge in [-0.3, -0.25) is 19.9 Å². The van der Waals surface area contributed by atoms with Gasteiger partial charge in [-0.25, -0.2) is 4.79 Å². The molecular weight excluding hydrogens is 458 g/mol. The van der Waals surface area contributed by atoms with Crippen LogP contribution in [-0.4, -0.2) is 60.7 Å². The lowest BCUT2D eigenvalue weighted by Gasteiger charge is -2.31. The van der Waals surface area contributed by atoms with E-state index in [9.17, 15) is 14.4 Å². The Labute approximate surface area is 208 Å². The molecular formula is C27H25N5O4. The molecule has 36 heavy (non-hydrogen) atoms. The van der Waals surface area contributed by atoms with E-state index in [-0.39, 0.29) is 24.4 Å². The van der Waals surface area contributed by atoms with E-state index in [1.54, 1.807) is 24.1 Å². The Hall–Kier alpha value is -4.40. The number of hydrogen-bond donors (Lipinski definition) is 2. The van der Waals surface area contributed by atoms with Crippen molar-refractivity contribution in [2.75, 3.05) is 20.7 Å². The number of fused-ring (bicyclic) bond motifs is 2. The summed E-state index contributed by atoms with van der Waals surface area (Å²) < 4.78 is 5.26. The number of likely N-dealkylation sites (N-methyl/N-ethyl adjacent to an activating group) is 1. The monoisotopic (exact) mass is 483 g/mol. The summed E-state index contributed by atoms with van der Waals surface area (Å²) in [7, 11) is 3.51. The number of rotatable bonds is 5. The fourth-order valence-corrected chi connectivity index (χ4v) is 5.37. The molecule has 2 aromatic carbocycles. The number of nitrogens with zero attached hydrogens (tertiary/aromatic N) is 3. The van der Waals surface area contributed by atoms with Crippen LogP contribution in [0.2, 0.25) is 0 Å². The van der Waals surface area contributed by atoms with E-state index in [1.165, 1.54) is 0 Å². The molecule has 9 heteroatoms. The standard InChI is InChI=1S/C27H25N5O4/c1-31-23-10-6-17(11-19(23)13-28-31)16-3-7-20(8-4-16)27(25(34)29-26(35)30-27)15-32-14-18-5-9-21(36-2)12-22(18)24(32)33/h3-13,19,23H,14-15H2,1-2H3,(H2,29,30,34,35)/t19?,23?,27-/m0/s1. The van der Waals surface area contributed by atoms with Gasteiger partial charge in [0.25, 0.3) is 11.8 Å². The summed E-state index contributed by atoms with van der Waals surface area (Å²) in [5, 5.41) is 11.5. The number of ether oxygens (including phenoxy) is 1. The van der Waals surface area contributed by atoms with E-state index in [1.807, 2.05) is 48.6 Å². The van der Waals surface area contributed by atoms with Gasteiger partial charge in [-0.2, -0.15) is 5.10 Å². The van der Waals surface area contributed by atoms with Crippen LogP contribution in [0.3, 0.4) is 0 Å². The van der Waals surface area contributed by atoms with E-state index in [0.717, 1.165) is 16.7 Å². The topological polar surface area (TPSA) is 103 Å². The van der Waals surface area contributed by atoms with Crippen molar-refractivity contribution in [3.05, 3.63) is 82.9 Å². The molecule has 9 nitrogen and oxygen atoms in total. The third-order valence-corrected chi connectivity index (χ3v) is 7.37. The van der Waals surface area contributed by atoms with Crippen LogP contribution in [-0.2, 0) is 16.9 Å². The summed E-state index contributed by atoms with van der Waals surface area (Å²) in [5.41, 5.74) is 2.67. The average Bonchev–Trinajstić information content (AvgIpc) is 3.51. The fraction of sp³-hybridized carbons (Fsp3) is 0.259. The second-order valence-corrected chi connectivity index (χ2v) is 9.46. The lowest BCUT2D eigenvalue weighted by molar-refractivity contribution is -0.124. The predicted molar refractivity (Wildman–Crippen MR) is 133 cm³/mol. The first-order chi connectivity index (χ1) is 17.4. The predicted octanol–water partition coefficient (Wildman–Crippen LogP) is 2.26. The second-order valence-electron chi connectivity index (χ2n) is 9.46. The first-order valence-electron chi connectivity index (χ1n) is 11.8. The van der Waals surface area contributed by atoms with E-state index >= 15 is 0 Å². The molecule has 0 radical (unpaired) electrons. The van der Waals surface area contributed by atoms with Gasteiger partial charge in [-0.05, 0) is 34.4 Å². The molecule has 1 aliphatic carbocycles.